The van der Waals surface area contributed by atoms with Crippen LogP contribution in [0.1, 0.15) is 11.1 Å². The summed E-state index contributed by atoms with van der Waals surface area (Å²) >= 11 is 0. The van der Waals surface area contributed by atoms with Gasteiger partial charge in [0.05, 0.1) is 0 Å². The molecule has 0 unspecified atom stereocenters. The summed E-state index contributed by atoms with van der Waals surface area (Å²) in [5, 5.41) is 12.9. The minimum atomic E-state index is 0.301. The van der Waals surface area contributed by atoms with Crippen molar-refractivity contribution >= 4 is 5.84 Å². The van der Waals surface area contributed by atoms with Crippen molar-refractivity contribution in [2.45, 2.75) is 6.54 Å². The predicted octanol–water partition coefficient (Wildman–Crippen LogP) is 1.76. The molecular formula is C18H20N4O3. The van der Waals surface area contributed by atoms with Crippen molar-refractivity contribution in [1.82, 2.24) is 14.8 Å². The molecular weight excluding hydrogens is 320 g/mol. The number of piperazine rings is 1. The number of ether oxygens (including phenoxy) is 2. The Labute approximate surface area is 146 Å². The third-order valence-corrected chi connectivity index (χ3v) is 4.53. The molecule has 1 aromatic heterocycles. The summed E-state index contributed by atoms with van der Waals surface area (Å²) in [6.07, 6.45) is 3.43. The number of nitrogens with zero attached hydrogens (tertiary/aromatic N) is 4. The first-order valence-corrected chi connectivity index (χ1v) is 8.32. The lowest BCUT2D eigenvalue weighted by Crippen LogP contribution is -2.48. The van der Waals surface area contributed by atoms with E-state index in [4.69, 9.17) is 9.47 Å². The number of fused-ring (bicyclic) bond motifs is 1. The second-order valence-corrected chi connectivity index (χ2v) is 6.12. The Balaban J connectivity index is 1.37. The minimum absolute atomic E-state index is 0.301. The molecule has 2 aliphatic rings. The highest BCUT2D eigenvalue weighted by Crippen LogP contribution is 2.32. The van der Waals surface area contributed by atoms with Crippen molar-refractivity contribution in [3.8, 4) is 11.5 Å². The van der Waals surface area contributed by atoms with Crippen molar-refractivity contribution in [3.05, 3.63) is 53.9 Å². The molecule has 2 aliphatic heterocycles. The van der Waals surface area contributed by atoms with Gasteiger partial charge in [-0.15, -0.1) is 0 Å². The second-order valence-electron chi connectivity index (χ2n) is 6.12. The highest BCUT2D eigenvalue weighted by atomic mass is 16.7. The molecule has 4 rings (SSSR count). The van der Waals surface area contributed by atoms with E-state index >= 15 is 0 Å². The highest BCUT2D eigenvalue weighted by Gasteiger charge is 2.22. The first-order valence-electron chi connectivity index (χ1n) is 8.32. The summed E-state index contributed by atoms with van der Waals surface area (Å²) in [7, 11) is 0. The van der Waals surface area contributed by atoms with E-state index in [1.54, 1.807) is 12.4 Å². The fraction of sp³-hybridized carbons (Fsp3) is 0.333. The molecule has 0 amide bonds. The van der Waals surface area contributed by atoms with Crippen molar-refractivity contribution in [1.29, 1.82) is 0 Å². The molecule has 0 bridgehead atoms. The first-order chi connectivity index (χ1) is 12.3. The van der Waals surface area contributed by atoms with Crippen molar-refractivity contribution in [2.24, 2.45) is 5.16 Å². The molecule has 130 valence electrons. The van der Waals surface area contributed by atoms with Crippen LogP contribution >= 0.6 is 0 Å². The lowest BCUT2D eigenvalue weighted by atomic mass is 10.1. The highest BCUT2D eigenvalue weighted by molar-refractivity contribution is 5.98. The van der Waals surface area contributed by atoms with Gasteiger partial charge in [0.1, 0.15) is 0 Å². The number of hydrogen-bond donors (Lipinski definition) is 1. The zero-order valence-electron chi connectivity index (χ0n) is 13.8. The molecule has 3 heterocycles. The average Bonchev–Trinajstić information content (AvgIpc) is 3.12. The van der Waals surface area contributed by atoms with Crippen molar-refractivity contribution < 1.29 is 14.7 Å². The van der Waals surface area contributed by atoms with Crippen molar-refractivity contribution in [2.75, 3.05) is 33.0 Å². The zero-order valence-corrected chi connectivity index (χ0v) is 13.8. The fourth-order valence-electron chi connectivity index (χ4n) is 3.21. The second kappa shape index (κ2) is 6.98. The Morgan fingerprint density at radius 2 is 1.96 bits per heavy atom. The average molecular weight is 340 g/mol. The van der Waals surface area contributed by atoms with Crippen molar-refractivity contribution in [3.63, 3.8) is 0 Å². The number of pyridine rings is 1. The van der Waals surface area contributed by atoms with Crippen LogP contribution in [0.5, 0.6) is 11.5 Å². The van der Waals surface area contributed by atoms with E-state index in [-0.39, 0.29) is 0 Å². The van der Waals surface area contributed by atoms with Gasteiger partial charge in [-0.1, -0.05) is 11.2 Å². The number of rotatable bonds is 3. The summed E-state index contributed by atoms with van der Waals surface area (Å²) in [6.45, 7) is 4.57. The Bertz CT molecular complexity index is 758. The number of aromatic nitrogens is 1. The fourth-order valence-corrected chi connectivity index (χ4v) is 3.21. The summed E-state index contributed by atoms with van der Waals surface area (Å²) < 4.78 is 10.8. The van der Waals surface area contributed by atoms with Gasteiger partial charge in [-0.05, 0) is 29.8 Å². The summed E-state index contributed by atoms with van der Waals surface area (Å²) in [6, 6.07) is 9.84. The van der Waals surface area contributed by atoms with Gasteiger partial charge in [-0.25, -0.2) is 0 Å². The topological polar surface area (TPSA) is 70.4 Å². The van der Waals surface area contributed by atoms with Gasteiger partial charge in [0.2, 0.25) is 6.79 Å². The summed E-state index contributed by atoms with van der Waals surface area (Å²) in [4.78, 5) is 8.57. The maximum absolute atomic E-state index is 9.40. The van der Waals surface area contributed by atoms with Crippen LogP contribution in [-0.4, -0.2) is 58.8 Å². The van der Waals surface area contributed by atoms with E-state index < -0.39 is 0 Å². The first kappa shape index (κ1) is 15.7. The predicted molar refractivity (Wildman–Crippen MR) is 92.0 cm³/mol. The third kappa shape index (κ3) is 3.36. The molecule has 25 heavy (non-hydrogen) atoms. The summed E-state index contributed by atoms with van der Waals surface area (Å²) in [5.41, 5.74) is 2.04. The maximum atomic E-state index is 9.40. The van der Waals surface area contributed by atoms with Crippen LogP contribution in [0.15, 0.2) is 47.9 Å². The number of hydrogen-bond acceptors (Lipinski definition) is 6. The maximum Gasteiger partial charge on any atom is 0.231 e. The SMILES string of the molecule is O/N=C(/c1cccnc1)N1CCN(Cc2ccc3c(c2)OCO3)CC1. The van der Waals surface area contributed by atoms with Gasteiger partial charge in [-0.3, -0.25) is 9.88 Å². The molecule has 0 aliphatic carbocycles. The lowest BCUT2D eigenvalue weighted by Gasteiger charge is -2.36. The molecule has 0 atom stereocenters. The van der Waals surface area contributed by atoms with E-state index in [9.17, 15) is 5.21 Å². The molecule has 1 N–H and O–H groups in total. The smallest absolute Gasteiger partial charge is 0.231 e. The Kier molecular flexibility index (Phi) is 4.39. The molecule has 1 saturated heterocycles. The van der Waals surface area contributed by atoms with Gasteiger partial charge in [0.25, 0.3) is 0 Å². The van der Waals surface area contributed by atoms with E-state index in [1.165, 1.54) is 5.56 Å². The van der Waals surface area contributed by atoms with Crippen LogP contribution in [0.3, 0.4) is 0 Å². The lowest BCUT2D eigenvalue weighted by molar-refractivity contribution is 0.170. The Morgan fingerprint density at radius 1 is 1.12 bits per heavy atom. The standard InChI is InChI=1S/C18H20N4O3/c23-20-18(15-2-1-5-19-11-15)22-8-6-21(7-9-22)12-14-3-4-16-17(10-14)25-13-24-16/h1-5,10-11,23H,6-9,12-13H2/b20-18-. The Hall–Kier alpha value is -2.80. The van der Waals surface area contributed by atoms with E-state index in [1.807, 2.05) is 24.3 Å². The number of benzene rings is 1. The molecule has 0 spiro atoms. The van der Waals surface area contributed by atoms with Gasteiger partial charge >= 0.3 is 0 Å². The van der Waals surface area contributed by atoms with Crippen LogP contribution < -0.4 is 9.47 Å². The number of oxime groups is 1. The van der Waals surface area contributed by atoms with Gasteiger partial charge in [0.15, 0.2) is 17.3 Å². The van der Waals surface area contributed by atoms with Crippen LogP contribution in [0, 0.1) is 0 Å². The molecule has 7 heteroatoms. The molecule has 1 aromatic carbocycles. The normalized spacial score (nSPS) is 17.8. The molecule has 0 radical (unpaired) electrons. The van der Waals surface area contributed by atoms with Crippen LogP contribution in [0.4, 0.5) is 0 Å². The van der Waals surface area contributed by atoms with E-state index in [2.05, 4.69) is 26.0 Å². The molecule has 1 fully saturated rings. The zero-order chi connectivity index (χ0) is 17.1. The minimum Gasteiger partial charge on any atom is -0.454 e. The monoisotopic (exact) mass is 340 g/mol. The third-order valence-electron chi connectivity index (χ3n) is 4.53. The quantitative estimate of drug-likeness (QED) is 0.397. The number of amidine groups is 1. The van der Waals surface area contributed by atoms with E-state index in [0.717, 1.165) is 49.8 Å². The van der Waals surface area contributed by atoms with Gasteiger partial charge in [0, 0.05) is 50.7 Å². The van der Waals surface area contributed by atoms with Crippen LogP contribution in [-0.2, 0) is 6.54 Å². The van der Waals surface area contributed by atoms with E-state index in [0.29, 0.717) is 12.6 Å². The Morgan fingerprint density at radius 3 is 2.72 bits per heavy atom. The van der Waals surface area contributed by atoms with Gasteiger partial charge < -0.3 is 19.6 Å². The summed E-state index contributed by atoms with van der Waals surface area (Å²) in [5.74, 6) is 2.21. The van der Waals surface area contributed by atoms with Crippen LogP contribution in [0.25, 0.3) is 0 Å². The largest absolute Gasteiger partial charge is 0.454 e. The molecule has 2 aromatic rings. The molecule has 7 nitrogen and oxygen atoms in total. The van der Waals surface area contributed by atoms with Crippen LogP contribution in [0.2, 0.25) is 0 Å². The van der Waals surface area contributed by atoms with Gasteiger partial charge in [-0.2, -0.15) is 0 Å². The molecule has 0 saturated carbocycles.